The van der Waals surface area contributed by atoms with Gasteiger partial charge in [0.2, 0.25) is 0 Å². The molecule has 2 N–H and O–H groups in total. The Labute approximate surface area is 123 Å². The Bertz CT molecular complexity index is 407. The molecular weight excluding hydrogens is 283 g/mol. The number of hydrogen-bond acceptors (Lipinski definition) is 3. The Balaban J connectivity index is 2.70. The summed E-state index contributed by atoms with van der Waals surface area (Å²) in [6.07, 6.45) is -4.90. The van der Waals surface area contributed by atoms with Crippen molar-refractivity contribution in [1.29, 1.82) is 0 Å². The zero-order valence-electron chi connectivity index (χ0n) is 12.3. The molecule has 0 fully saturated rings. The van der Waals surface area contributed by atoms with Gasteiger partial charge in [0.05, 0.1) is 12.0 Å². The molecule has 120 valence electrons. The van der Waals surface area contributed by atoms with Gasteiger partial charge in [-0.1, -0.05) is 30.3 Å². The number of alkyl halides is 3. The molecule has 2 atom stereocenters. The average molecular weight is 305 g/mol. The molecule has 1 rings (SSSR count). The van der Waals surface area contributed by atoms with E-state index >= 15 is 0 Å². The summed E-state index contributed by atoms with van der Waals surface area (Å²) in [6, 6.07) is 7.57. The van der Waals surface area contributed by atoms with Crippen molar-refractivity contribution in [1.82, 2.24) is 5.32 Å². The smallest absolute Gasteiger partial charge is 0.389 e. The highest BCUT2D eigenvalue weighted by atomic mass is 19.4. The van der Waals surface area contributed by atoms with E-state index in [-0.39, 0.29) is 6.54 Å². The van der Waals surface area contributed by atoms with Gasteiger partial charge in [0.1, 0.15) is 0 Å². The molecule has 21 heavy (non-hydrogen) atoms. The highest BCUT2D eigenvalue weighted by Crippen LogP contribution is 2.29. The monoisotopic (exact) mass is 305 g/mol. The highest BCUT2D eigenvalue weighted by Gasteiger charge is 2.33. The highest BCUT2D eigenvalue weighted by molar-refractivity contribution is 5.19. The first-order valence-corrected chi connectivity index (χ1v) is 6.80. The van der Waals surface area contributed by atoms with Crippen molar-refractivity contribution in [2.24, 2.45) is 0 Å². The van der Waals surface area contributed by atoms with Crippen molar-refractivity contribution >= 4 is 0 Å². The summed E-state index contributed by atoms with van der Waals surface area (Å²) in [5, 5.41) is 12.9. The van der Waals surface area contributed by atoms with Crippen LogP contribution in [0.15, 0.2) is 30.3 Å². The third-order valence-corrected chi connectivity index (χ3v) is 3.21. The molecule has 1 aromatic rings. The van der Waals surface area contributed by atoms with Gasteiger partial charge in [0.15, 0.2) is 0 Å². The molecule has 0 aliphatic carbocycles. The number of nitrogens with one attached hydrogen (secondary N) is 1. The lowest BCUT2D eigenvalue weighted by Gasteiger charge is -2.28. The summed E-state index contributed by atoms with van der Waals surface area (Å²) >= 11 is 0. The minimum Gasteiger partial charge on any atom is -0.389 e. The number of benzene rings is 1. The number of aliphatic hydroxyl groups is 1. The van der Waals surface area contributed by atoms with Crippen LogP contribution in [0.1, 0.15) is 31.4 Å². The maximum atomic E-state index is 12.7. The van der Waals surface area contributed by atoms with Crippen LogP contribution in [0.3, 0.4) is 0 Å². The standard InChI is InChI=1S/C15H22F3NO2/c1-14(20,8-9-21-2)11-19-13(10-15(16,17)18)12-6-4-3-5-7-12/h3-7,13,19-20H,8-11H2,1-2H3. The molecule has 0 aliphatic rings. The number of rotatable bonds is 8. The average Bonchev–Trinajstić information content (AvgIpc) is 2.41. The summed E-state index contributed by atoms with van der Waals surface area (Å²) in [5.41, 5.74) is -0.563. The first kappa shape index (κ1) is 17.9. The zero-order valence-corrected chi connectivity index (χ0v) is 12.3. The summed E-state index contributed by atoms with van der Waals surface area (Å²) in [4.78, 5) is 0. The van der Waals surface area contributed by atoms with Crippen LogP contribution < -0.4 is 5.32 Å². The van der Waals surface area contributed by atoms with Gasteiger partial charge in [0, 0.05) is 32.7 Å². The van der Waals surface area contributed by atoms with E-state index in [0.717, 1.165) is 0 Å². The second-order valence-corrected chi connectivity index (χ2v) is 5.40. The molecule has 0 aromatic heterocycles. The van der Waals surface area contributed by atoms with Gasteiger partial charge in [0.25, 0.3) is 0 Å². The third kappa shape index (κ3) is 7.45. The molecule has 0 radical (unpaired) electrons. The van der Waals surface area contributed by atoms with Crippen LogP contribution in [0.2, 0.25) is 0 Å². The maximum Gasteiger partial charge on any atom is 0.390 e. The van der Waals surface area contributed by atoms with Crippen LogP contribution in [0, 0.1) is 0 Å². The normalized spacial score (nSPS) is 16.5. The number of methoxy groups -OCH3 is 1. The first-order chi connectivity index (χ1) is 9.73. The summed E-state index contributed by atoms with van der Waals surface area (Å²) in [6.45, 7) is 1.99. The molecular formula is C15H22F3NO2. The van der Waals surface area contributed by atoms with E-state index < -0.39 is 24.2 Å². The van der Waals surface area contributed by atoms with Crippen molar-refractivity contribution in [3.63, 3.8) is 0 Å². The molecule has 0 bridgehead atoms. The van der Waals surface area contributed by atoms with Gasteiger partial charge < -0.3 is 15.2 Å². The van der Waals surface area contributed by atoms with Gasteiger partial charge in [-0.2, -0.15) is 13.2 Å². The Hall–Kier alpha value is -1.11. The maximum absolute atomic E-state index is 12.7. The fourth-order valence-corrected chi connectivity index (χ4v) is 1.98. The number of ether oxygens (including phenoxy) is 1. The molecule has 0 saturated heterocycles. The summed E-state index contributed by atoms with van der Waals surface area (Å²) in [7, 11) is 1.51. The lowest BCUT2D eigenvalue weighted by atomic mass is 9.99. The zero-order chi connectivity index (χ0) is 15.9. The molecule has 0 heterocycles. The van der Waals surface area contributed by atoms with Crippen molar-refractivity contribution in [3.8, 4) is 0 Å². The van der Waals surface area contributed by atoms with Gasteiger partial charge in [-0.05, 0) is 12.5 Å². The quantitative estimate of drug-likeness (QED) is 0.775. The fraction of sp³-hybridized carbons (Fsp3) is 0.600. The molecule has 1 aromatic carbocycles. The molecule has 3 nitrogen and oxygen atoms in total. The van der Waals surface area contributed by atoms with E-state index in [1.54, 1.807) is 37.3 Å². The Morgan fingerprint density at radius 2 is 1.86 bits per heavy atom. The minimum absolute atomic E-state index is 0.0615. The van der Waals surface area contributed by atoms with E-state index in [1.165, 1.54) is 7.11 Å². The molecule has 0 spiro atoms. The third-order valence-electron chi connectivity index (χ3n) is 3.21. The van der Waals surface area contributed by atoms with Gasteiger partial charge in [-0.15, -0.1) is 0 Å². The topological polar surface area (TPSA) is 41.5 Å². The second-order valence-electron chi connectivity index (χ2n) is 5.40. The Kier molecular flexibility index (Phi) is 6.64. The van der Waals surface area contributed by atoms with Crippen LogP contribution >= 0.6 is 0 Å². The largest absolute Gasteiger partial charge is 0.390 e. The van der Waals surface area contributed by atoms with Crippen molar-refractivity contribution in [3.05, 3.63) is 35.9 Å². The van der Waals surface area contributed by atoms with Gasteiger partial charge >= 0.3 is 6.18 Å². The van der Waals surface area contributed by atoms with Crippen molar-refractivity contribution < 1.29 is 23.0 Å². The van der Waals surface area contributed by atoms with Crippen molar-refractivity contribution in [2.75, 3.05) is 20.3 Å². The first-order valence-electron chi connectivity index (χ1n) is 6.80. The van der Waals surface area contributed by atoms with Crippen LogP contribution in [-0.4, -0.2) is 37.1 Å². The SMILES string of the molecule is COCCC(C)(O)CNC(CC(F)(F)F)c1ccccc1. The molecule has 6 heteroatoms. The van der Waals surface area contributed by atoms with Crippen molar-refractivity contribution in [2.45, 2.75) is 37.6 Å². The van der Waals surface area contributed by atoms with E-state index in [4.69, 9.17) is 4.74 Å². The van der Waals surface area contributed by atoms with Crippen LogP contribution in [-0.2, 0) is 4.74 Å². The van der Waals surface area contributed by atoms with Gasteiger partial charge in [-0.3, -0.25) is 0 Å². The van der Waals surface area contributed by atoms with Crippen LogP contribution in [0.4, 0.5) is 13.2 Å². The summed E-state index contributed by atoms with van der Waals surface area (Å²) in [5.74, 6) is 0. The Morgan fingerprint density at radius 1 is 1.24 bits per heavy atom. The van der Waals surface area contributed by atoms with Crippen LogP contribution in [0.25, 0.3) is 0 Å². The second kappa shape index (κ2) is 7.77. The van der Waals surface area contributed by atoms with E-state index in [2.05, 4.69) is 5.32 Å². The predicted molar refractivity (Wildman–Crippen MR) is 75.0 cm³/mol. The minimum atomic E-state index is -4.27. The number of halogens is 3. The molecule has 0 aliphatic heterocycles. The summed E-state index contributed by atoms with van der Waals surface area (Å²) < 4.78 is 43.0. The van der Waals surface area contributed by atoms with E-state index in [9.17, 15) is 18.3 Å². The molecule has 2 unspecified atom stereocenters. The predicted octanol–water partition coefficient (Wildman–Crippen LogP) is 3.06. The lowest BCUT2D eigenvalue weighted by molar-refractivity contribution is -0.141. The fourth-order valence-electron chi connectivity index (χ4n) is 1.98. The van der Waals surface area contributed by atoms with E-state index in [1.807, 2.05) is 0 Å². The number of hydrogen-bond donors (Lipinski definition) is 2. The molecule has 0 amide bonds. The lowest BCUT2D eigenvalue weighted by Crippen LogP contribution is -2.41. The van der Waals surface area contributed by atoms with E-state index in [0.29, 0.717) is 18.6 Å². The molecule has 0 saturated carbocycles. The van der Waals surface area contributed by atoms with Crippen LogP contribution in [0.5, 0.6) is 0 Å². The van der Waals surface area contributed by atoms with Gasteiger partial charge in [-0.25, -0.2) is 0 Å². The Morgan fingerprint density at radius 3 is 2.38 bits per heavy atom.